The van der Waals surface area contributed by atoms with Crippen LogP contribution in [0.4, 0.5) is 5.13 Å². The molecule has 5 nitrogen and oxygen atoms in total. The first-order valence-electron chi connectivity index (χ1n) is 7.05. The predicted octanol–water partition coefficient (Wildman–Crippen LogP) is 3.06. The Labute approximate surface area is 119 Å². The third-order valence-corrected chi connectivity index (χ3v) is 3.70. The number of hydrogen-bond acceptors (Lipinski definition) is 5. The van der Waals surface area contributed by atoms with Crippen LogP contribution in [0.3, 0.4) is 0 Å². The molecule has 0 saturated carbocycles. The van der Waals surface area contributed by atoms with Gasteiger partial charge in [0.05, 0.1) is 0 Å². The second-order valence-corrected chi connectivity index (χ2v) is 5.64. The number of aromatic nitrogens is 2. The molecule has 0 fully saturated rings. The fourth-order valence-corrected chi connectivity index (χ4v) is 2.49. The third kappa shape index (κ3) is 6.00. The van der Waals surface area contributed by atoms with E-state index in [0.717, 1.165) is 19.4 Å². The van der Waals surface area contributed by atoms with Crippen LogP contribution < -0.4 is 10.6 Å². The highest BCUT2D eigenvalue weighted by Gasteiger charge is 2.14. The summed E-state index contributed by atoms with van der Waals surface area (Å²) < 4.78 is 0. The highest BCUT2D eigenvalue weighted by molar-refractivity contribution is 7.17. The standard InChI is InChI=1S/C13H24N4OS/c1-4-6-7-8-9-10(3)15-11(18)12-16-17-13(19-12)14-5-2/h10H,4-9H2,1-3H3,(H,14,17)(H,15,18). The van der Waals surface area contributed by atoms with Crippen molar-refractivity contribution in [2.75, 3.05) is 11.9 Å². The van der Waals surface area contributed by atoms with Gasteiger partial charge in [-0.15, -0.1) is 10.2 Å². The summed E-state index contributed by atoms with van der Waals surface area (Å²) in [5.74, 6) is -0.121. The number of amides is 1. The third-order valence-electron chi connectivity index (χ3n) is 2.82. The van der Waals surface area contributed by atoms with E-state index in [1.165, 1.54) is 30.6 Å². The van der Waals surface area contributed by atoms with Crippen LogP contribution >= 0.6 is 11.3 Å². The predicted molar refractivity (Wildman–Crippen MR) is 79.8 cm³/mol. The smallest absolute Gasteiger partial charge is 0.282 e. The molecule has 0 spiro atoms. The van der Waals surface area contributed by atoms with Gasteiger partial charge >= 0.3 is 0 Å². The van der Waals surface area contributed by atoms with Crippen molar-refractivity contribution in [3.63, 3.8) is 0 Å². The Kier molecular flexibility index (Phi) is 7.40. The zero-order valence-corrected chi connectivity index (χ0v) is 12.8. The SMILES string of the molecule is CCCCCCC(C)NC(=O)c1nnc(NCC)s1. The summed E-state index contributed by atoms with van der Waals surface area (Å²) in [6, 6.07) is 0.191. The second kappa shape index (κ2) is 8.85. The Morgan fingerprint density at radius 3 is 2.74 bits per heavy atom. The van der Waals surface area contributed by atoms with Crippen LogP contribution in [0, 0.1) is 0 Å². The normalized spacial score (nSPS) is 12.2. The molecule has 0 aliphatic rings. The first kappa shape index (κ1) is 15.9. The minimum Gasteiger partial charge on any atom is -0.360 e. The maximum Gasteiger partial charge on any atom is 0.282 e. The highest BCUT2D eigenvalue weighted by atomic mass is 32.1. The molecule has 19 heavy (non-hydrogen) atoms. The van der Waals surface area contributed by atoms with Crippen LogP contribution in [0.1, 0.15) is 62.7 Å². The molecule has 0 bridgehead atoms. The molecule has 0 aliphatic heterocycles. The monoisotopic (exact) mass is 284 g/mol. The summed E-state index contributed by atoms with van der Waals surface area (Å²) in [5.41, 5.74) is 0. The molecule has 2 N–H and O–H groups in total. The molecule has 1 aromatic heterocycles. The minimum atomic E-state index is -0.121. The van der Waals surface area contributed by atoms with Gasteiger partial charge in [0.1, 0.15) is 0 Å². The Hall–Kier alpha value is -1.17. The van der Waals surface area contributed by atoms with Gasteiger partial charge in [-0.05, 0) is 20.3 Å². The molecular weight excluding hydrogens is 260 g/mol. The summed E-state index contributed by atoms with van der Waals surface area (Å²) in [6.07, 6.45) is 5.92. The number of nitrogens with zero attached hydrogens (tertiary/aromatic N) is 2. The molecule has 0 aliphatic carbocycles. The number of hydrogen-bond donors (Lipinski definition) is 2. The van der Waals surface area contributed by atoms with Gasteiger partial charge in [-0.1, -0.05) is 43.9 Å². The quantitative estimate of drug-likeness (QED) is 0.684. The molecule has 1 rings (SSSR count). The molecule has 1 aromatic rings. The number of anilines is 1. The number of rotatable bonds is 9. The first-order valence-corrected chi connectivity index (χ1v) is 7.87. The first-order chi connectivity index (χ1) is 9.17. The highest BCUT2D eigenvalue weighted by Crippen LogP contribution is 2.15. The van der Waals surface area contributed by atoms with Crippen LogP contribution in [0.5, 0.6) is 0 Å². The van der Waals surface area contributed by atoms with Gasteiger partial charge in [0, 0.05) is 12.6 Å². The van der Waals surface area contributed by atoms with Crippen molar-refractivity contribution in [2.24, 2.45) is 0 Å². The molecule has 1 atom stereocenters. The van der Waals surface area contributed by atoms with Gasteiger partial charge in [-0.3, -0.25) is 4.79 Å². The van der Waals surface area contributed by atoms with Crippen molar-refractivity contribution < 1.29 is 4.79 Å². The lowest BCUT2D eigenvalue weighted by Gasteiger charge is -2.12. The summed E-state index contributed by atoms with van der Waals surface area (Å²) >= 11 is 1.29. The number of unbranched alkanes of at least 4 members (excludes halogenated alkanes) is 3. The van der Waals surface area contributed by atoms with Crippen molar-refractivity contribution in [1.29, 1.82) is 0 Å². The summed E-state index contributed by atoms with van der Waals surface area (Å²) in [7, 11) is 0. The zero-order valence-electron chi connectivity index (χ0n) is 12.0. The maximum absolute atomic E-state index is 11.9. The van der Waals surface area contributed by atoms with Crippen LogP contribution in [-0.2, 0) is 0 Å². The van der Waals surface area contributed by atoms with E-state index < -0.39 is 0 Å². The molecular formula is C13H24N4OS. The van der Waals surface area contributed by atoms with Gasteiger partial charge in [-0.2, -0.15) is 0 Å². The van der Waals surface area contributed by atoms with Crippen LogP contribution in [-0.4, -0.2) is 28.7 Å². The second-order valence-electron chi connectivity index (χ2n) is 4.67. The number of carbonyl (C=O) groups excluding carboxylic acids is 1. The molecule has 108 valence electrons. The van der Waals surface area contributed by atoms with Crippen LogP contribution in [0.15, 0.2) is 0 Å². The topological polar surface area (TPSA) is 66.9 Å². The van der Waals surface area contributed by atoms with Crippen molar-refractivity contribution in [3.05, 3.63) is 5.01 Å². The van der Waals surface area contributed by atoms with Crippen molar-refractivity contribution in [3.8, 4) is 0 Å². The maximum atomic E-state index is 11.9. The molecule has 1 unspecified atom stereocenters. The van der Waals surface area contributed by atoms with Gasteiger partial charge < -0.3 is 10.6 Å². The molecule has 6 heteroatoms. The average molecular weight is 284 g/mol. The Morgan fingerprint density at radius 1 is 1.26 bits per heavy atom. The Morgan fingerprint density at radius 2 is 2.05 bits per heavy atom. The lowest BCUT2D eigenvalue weighted by Crippen LogP contribution is -2.32. The number of carbonyl (C=O) groups is 1. The van der Waals surface area contributed by atoms with Gasteiger partial charge in [0.2, 0.25) is 10.1 Å². The average Bonchev–Trinajstić information content (AvgIpc) is 2.84. The molecule has 0 radical (unpaired) electrons. The van der Waals surface area contributed by atoms with Gasteiger partial charge in [0.25, 0.3) is 5.91 Å². The fraction of sp³-hybridized carbons (Fsp3) is 0.769. The minimum absolute atomic E-state index is 0.121. The Balaban J connectivity index is 2.32. The lowest BCUT2D eigenvalue weighted by molar-refractivity contribution is 0.0937. The summed E-state index contributed by atoms with van der Waals surface area (Å²) in [5, 5.41) is 15.0. The van der Waals surface area contributed by atoms with E-state index in [-0.39, 0.29) is 11.9 Å². The van der Waals surface area contributed by atoms with E-state index in [4.69, 9.17) is 0 Å². The van der Waals surface area contributed by atoms with Crippen molar-refractivity contribution in [1.82, 2.24) is 15.5 Å². The van der Waals surface area contributed by atoms with E-state index >= 15 is 0 Å². The largest absolute Gasteiger partial charge is 0.360 e. The Bertz CT molecular complexity index is 380. The molecule has 1 heterocycles. The summed E-state index contributed by atoms with van der Waals surface area (Å²) in [6.45, 7) is 7.00. The van der Waals surface area contributed by atoms with Crippen molar-refractivity contribution >= 4 is 22.4 Å². The zero-order chi connectivity index (χ0) is 14.1. The van der Waals surface area contributed by atoms with Crippen LogP contribution in [0.2, 0.25) is 0 Å². The van der Waals surface area contributed by atoms with E-state index in [2.05, 4.69) is 27.8 Å². The molecule has 0 saturated heterocycles. The van der Waals surface area contributed by atoms with E-state index in [0.29, 0.717) is 10.1 Å². The van der Waals surface area contributed by atoms with Gasteiger partial charge in [0.15, 0.2) is 0 Å². The van der Waals surface area contributed by atoms with E-state index in [1.807, 2.05) is 13.8 Å². The van der Waals surface area contributed by atoms with Crippen LogP contribution in [0.25, 0.3) is 0 Å². The van der Waals surface area contributed by atoms with Gasteiger partial charge in [-0.25, -0.2) is 0 Å². The summed E-state index contributed by atoms with van der Waals surface area (Å²) in [4.78, 5) is 11.9. The lowest BCUT2D eigenvalue weighted by atomic mass is 10.1. The number of nitrogens with one attached hydrogen (secondary N) is 2. The molecule has 0 aromatic carbocycles. The van der Waals surface area contributed by atoms with E-state index in [9.17, 15) is 4.79 Å². The fourth-order valence-electron chi connectivity index (χ4n) is 1.77. The molecule has 1 amide bonds. The van der Waals surface area contributed by atoms with Crippen molar-refractivity contribution in [2.45, 2.75) is 58.9 Å². The van der Waals surface area contributed by atoms with E-state index in [1.54, 1.807) is 0 Å².